The Morgan fingerprint density at radius 3 is 2.84 bits per heavy atom. The smallest absolute Gasteiger partial charge is 0.244 e. The number of nitriles is 1. The Morgan fingerprint density at radius 1 is 1.47 bits per heavy atom. The largest absolute Gasteiger partial charge is 0.356 e. The molecular weight excluding hydrogens is 238 g/mol. The van der Waals surface area contributed by atoms with Crippen molar-refractivity contribution in [1.82, 2.24) is 5.32 Å². The van der Waals surface area contributed by atoms with Crippen molar-refractivity contribution in [1.29, 1.82) is 5.26 Å². The fourth-order valence-corrected chi connectivity index (χ4v) is 2.63. The van der Waals surface area contributed by atoms with E-state index in [2.05, 4.69) is 29.3 Å². The van der Waals surface area contributed by atoms with Crippen molar-refractivity contribution in [2.75, 3.05) is 11.4 Å². The first-order valence-corrected chi connectivity index (χ1v) is 6.54. The average molecular weight is 257 g/mol. The molecule has 1 amide bonds. The highest BCUT2D eigenvalue weighted by molar-refractivity contribution is 5.87. The van der Waals surface area contributed by atoms with E-state index in [9.17, 15) is 4.79 Å². The van der Waals surface area contributed by atoms with E-state index < -0.39 is 0 Å². The lowest BCUT2D eigenvalue weighted by molar-refractivity contribution is -0.124. The molecule has 0 bridgehead atoms. The maximum atomic E-state index is 12.1. The summed E-state index contributed by atoms with van der Waals surface area (Å²) in [6.45, 7) is 6.82. The van der Waals surface area contributed by atoms with Gasteiger partial charge in [-0.3, -0.25) is 4.79 Å². The molecule has 2 unspecified atom stereocenters. The second-order valence-corrected chi connectivity index (χ2v) is 5.23. The number of hydrogen-bond donors (Lipinski definition) is 1. The van der Waals surface area contributed by atoms with Gasteiger partial charge in [-0.2, -0.15) is 5.26 Å². The highest BCUT2D eigenvalue weighted by Gasteiger charge is 2.33. The minimum atomic E-state index is -0.386. The fraction of sp³-hybridized carbons (Fsp3) is 0.467. The van der Waals surface area contributed by atoms with Crippen LogP contribution in [0.15, 0.2) is 18.2 Å². The number of benzene rings is 1. The molecule has 1 aromatic rings. The predicted octanol–water partition coefficient (Wildman–Crippen LogP) is 1.91. The lowest BCUT2D eigenvalue weighted by Gasteiger charge is -2.39. The number of carbonyl (C=O) groups excluding carboxylic acids is 1. The molecule has 1 aromatic carbocycles. The average Bonchev–Trinajstić information content (AvgIpc) is 2.32. The first-order chi connectivity index (χ1) is 9.02. The van der Waals surface area contributed by atoms with Crippen LogP contribution in [0.1, 0.15) is 24.5 Å². The number of anilines is 1. The highest BCUT2D eigenvalue weighted by Crippen LogP contribution is 2.26. The Hall–Kier alpha value is -2.02. The van der Waals surface area contributed by atoms with Gasteiger partial charge in [0.2, 0.25) is 5.91 Å². The number of carbonyl (C=O) groups is 1. The number of piperazine rings is 1. The highest BCUT2D eigenvalue weighted by atomic mass is 16.2. The molecule has 1 heterocycles. The molecule has 4 heteroatoms. The van der Waals surface area contributed by atoms with Crippen molar-refractivity contribution in [2.24, 2.45) is 0 Å². The van der Waals surface area contributed by atoms with E-state index in [1.807, 2.05) is 26.0 Å². The molecule has 1 saturated heterocycles. The quantitative estimate of drug-likeness (QED) is 0.880. The standard InChI is InChI=1S/C15H19N3O/c1-10-4-5-13(11(2)8-10)18-9-12(3)17-15(19)14(18)6-7-16/h4-5,8,12,14H,6,9H2,1-3H3,(H,17,19). The summed E-state index contributed by atoms with van der Waals surface area (Å²) in [6, 6.07) is 8.02. The molecule has 1 aliphatic rings. The second-order valence-electron chi connectivity index (χ2n) is 5.23. The van der Waals surface area contributed by atoms with Crippen LogP contribution in [0, 0.1) is 25.2 Å². The summed E-state index contributed by atoms with van der Waals surface area (Å²) in [4.78, 5) is 14.1. The molecule has 19 heavy (non-hydrogen) atoms. The van der Waals surface area contributed by atoms with Gasteiger partial charge in [0.05, 0.1) is 12.5 Å². The third-order valence-electron chi connectivity index (χ3n) is 3.48. The minimum Gasteiger partial charge on any atom is -0.356 e. The molecule has 0 radical (unpaired) electrons. The summed E-state index contributed by atoms with van der Waals surface area (Å²) >= 11 is 0. The van der Waals surface area contributed by atoms with Gasteiger partial charge in [-0.25, -0.2) is 0 Å². The zero-order chi connectivity index (χ0) is 14.0. The van der Waals surface area contributed by atoms with Crippen LogP contribution in [0.25, 0.3) is 0 Å². The van der Waals surface area contributed by atoms with Gasteiger partial charge in [0.25, 0.3) is 0 Å². The number of amides is 1. The van der Waals surface area contributed by atoms with Gasteiger partial charge in [-0.1, -0.05) is 17.7 Å². The lowest BCUT2D eigenvalue weighted by atomic mass is 10.0. The van der Waals surface area contributed by atoms with Gasteiger partial charge in [0.1, 0.15) is 6.04 Å². The van der Waals surface area contributed by atoms with Crippen LogP contribution in [0.4, 0.5) is 5.69 Å². The second kappa shape index (κ2) is 5.31. The van der Waals surface area contributed by atoms with E-state index in [1.54, 1.807) is 0 Å². The zero-order valence-electron chi connectivity index (χ0n) is 11.6. The Labute approximate surface area is 114 Å². The normalized spacial score (nSPS) is 22.8. The summed E-state index contributed by atoms with van der Waals surface area (Å²) in [5.74, 6) is -0.0553. The van der Waals surface area contributed by atoms with Crippen LogP contribution >= 0.6 is 0 Å². The maximum Gasteiger partial charge on any atom is 0.244 e. The Kier molecular flexibility index (Phi) is 3.75. The van der Waals surface area contributed by atoms with Crippen LogP contribution in [0.2, 0.25) is 0 Å². The van der Waals surface area contributed by atoms with E-state index in [4.69, 9.17) is 5.26 Å². The first-order valence-electron chi connectivity index (χ1n) is 6.54. The molecule has 1 N–H and O–H groups in total. The van der Waals surface area contributed by atoms with E-state index in [-0.39, 0.29) is 24.4 Å². The molecule has 0 spiro atoms. The van der Waals surface area contributed by atoms with E-state index in [1.165, 1.54) is 5.56 Å². The van der Waals surface area contributed by atoms with Crippen molar-refractivity contribution in [3.05, 3.63) is 29.3 Å². The van der Waals surface area contributed by atoms with Gasteiger partial charge in [-0.15, -0.1) is 0 Å². The molecule has 0 aromatic heterocycles. The van der Waals surface area contributed by atoms with Gasteiger partial charge >= 0.3 is 0 Å². The first kappa shape index (κ1) is 13.4. The van der Waals surface area contributed by atoms with Crippen LogP contribution < -0.4 is 10.2 Å². The molecule has 100 valence electrons. The summed E-state index contributed by atoms with van der Waals surface area (Å²) in [7, 11) is 0. The molecule has 2 rings (SSSR count). The summed E-state index contributed by atoms with van der Waals surface area (Å²) in [5, 5.41) is 11.8. The van der Waals surface area contributed by atoms with Crippen LogP contribution in [-0.2, 0) is 4.79 Å². The SMILES string of the molecule is Cc1ccc(N2CC(C)NC(=O)C2CC#N)c(C)c1. The van der Waals surface area contributed by atoms with Crippen LogP contribution in [0.3, 0.4) is 0 Å². The molecule has 4 nitrogen and oxygen atoms in total. The molecular formula is C15H19N3O. The third-order valence-corrected chi connectivity index (χ3v) is 3.48. The van der Waals surface area contributed by atoms with Gasteiger partial charge in [-0.05, 0) is 32.4 Å². The minimum absolute atomic E-state index is 0.0553. The van der Waals surface area contributed by atoms with Crippen molar-refractivity contribution < 1.29 is 4.79 Å². The zero-order valence-corrected chi connectivity index (χ0v) is 11.6. The van der Waals surface area contributed by atoms with Crippen LogP contribution in [-0.4, -0.2) is 24.5 Å². The number of rotatable bonds is 2. The van der Waals surface area contributed by atoms with Gasteiger partial charge < -0.3 is 10.2 Å². The number of aryl methyl sites for hydroxylation is 2. The Bertz CT molecular complexity index is 533. The summed E-state index contributed by atoms with van der Waals surface area (Å²) in [5.41, 5.74) is 3.39. The van der Waals surface area contributed by atoms with E-state index >= 15 is 0 Å². The number of nitrogens with one attached hydrogen (secondary N) is 1. The Morgan fingerprint density at radius 2 is 2.21 bits per heavy atom. The Balaban J connectivity index is 2.38. The van der Waals surface area contributed by atoms with Crippen molar-refractivity contribution in [3.8, 4) is 6.07 Å². The molecule has 2 atom stereocenters. The van der Waals surface area contributed by atoms with Crippen molar-refractivity contribution in [2.45, 2.75) is 39.3 Å². The van der Waals surface area contributed by atoms with Crippen molar-refractivity contribution in [3.63, 3.8) is 0 Å². The van der Waals surface area contributed by atoms with E-state index in [0.717, 1.165) is 17.8 Å². The van der Waals surface area contributed by atoms with E-state index in [0.29, 0.717) is 0 Å². The van der Waals surface area contributed by atoms with Crippen molar-refractivity contribution >= 4 is 11.6 Å². The summed E-state index contributed by atoms with van der Waals surface area (Å²) < 4.78 is 0. The topological polar surface area (TPSA) is 56.1 Å². The predicted molar refractivity (Wildman–Crippen MR) is 74.9 cm³/mol. The number of nitrogens with zero attached hydrogens (tertiary/aromatic N) is 2. The fourth-order valence-electron chi connectivity index (χ4n) is 2.63. The van der Waals surface area contributed by atoms with Crippen LogP contribution in [0.5, 0.6) is 0 Å². The molecule has 1 aliphatic heterocycles. The van der Waals surface area contributed by atoms with Gasteiger partial charge in [0, 0.05) is 18.3 Å². The summed E-state index contributed by atoms with van der Waals surface area (Å²) in [6.07, 6.45) is 0.214. The molecule has 0 saturated carbocycles. The third kappa shape index (κ3) is 2.70. The molecule has 1 fully saturated rings. The lowest BCUT2D eigenvalue weighted by Crippen LogP contribution is -2.59. The maximum absolute atomic E-state index is 12.1. The molecule has 0 aliphatic carbocycles. The number of hydrogen-bond acceptors (Lipinski definition) is 3. The monoisotopic (exact) mass is 257 g/mol. The van der Waals surface area contributed by atoms with Gasteiger partial charge in [0.15, 0.2) is 0 Å².